The Kier molecular flexibility index (Phi) is 4.87. The number of halogens is 1. The molecule has 0 bridgehead atoms. The van der Waals surface area contributed by atoms with Crippen LogP contribution in [0.2, 0.25) is 0 Å². The van der Waals surface area contributed by atoms with Crippen molar-refractivity contribution in [3.8, 4) is 5.88 Å². The zero-order valence-corrected chi connectivity index (χ0v) is 11.6. The Morgan fingerprint density at radius 2 is 1.95 bits per heavy atom. The number of hydrogen-bond donors (Lipinski definition) is 1. The quantitative estimate of drug-likeness (QED) is 0.888. The van der Waals surface area contributed by atoms with Crippen LogP contribution in [0.5, 0.6) is 5.88 Å². The van der Waals surface area contributed by atoms with Gasteiger partial charge in [-0.05, 0) is 30.2 Å². The molecule has 1 unspecified atom stereocenters. The molecule has 2 aromatic rings. The van der Waals surface area contributed by atoms with Gasteiger partial charge in [-0.15, -0.1) is 0 Å². The maximum atomic E-state index is 12.9. The van der Waals surface area contributed by atoms with Crippen molar-refractivity contribution in [2.75, 3.05) is 7.11 Å². The molecule has 0 fully saturated rings. The van der Waals surface area contributed by atoms with Crippen molar-refractivity contribution in [1.29, 1.82) is 0 Å². The van der Waals surface area contributed by atoms with E-state index in [9.17, 15) is 14.3 Å². The fraction of sp³-hybridized carbons (Fsp3) is 0.250. The molecule has 21 heavy (non-hydrogen) atoms. The summed E-state index contributed by atoms with van der Waals surface area (Å²) in [5.74, 6) is -1.39. The summed E-state index contributed by atoms with van der Waals surface area (Å²) < 4.78 is 17.9. The molecule has 110 valence electrons. The monoisotopic (exact) mass is 289 g/mol. The lowest BCUT2D eigenvalue weighted by molar-refractivity contribution is -0.141. The smallest absolute Gasteiger partial charge is 0.307 e. The Morgan fingerprint density at radius 3 is 2.57 bits per heavy atom. The highest BCUT2D eigenvalue weighted by molar-refractivity contribution is 5.70. The summed E-state index contributed by atoms with van der Waals surface area (Å²) in [7, 11) is 1.51. The molecule has 0 aliphatic carbocycles. The van der Waals surface area contributed by atoms with Gasteiger partial charge in [0.25, 0.3) is 0 Å². The molecule has 0 aliphatic rings. The van der Waals surface area contributed by atoms with E-state index in [1.165, 1.54) is 19.2 Å². The fourth-order valence-corrected chi connectivity index (χ4v) is 2.09. The number of carbonyl (C=O) groups is 1. The molecule has 1 aromatic heterocycles. The molecule has 0 amide bonds. The van der Waals surface area contributed by atoms with Gasteiger partial charge < -0.3 is 9.84 Å². The van der Waals surface area contributed by atoms with Gasteiger partial charge in [-0.1, -0.05) is 18.2 Å². The SMILES string of the molecule is COc1cccc(CC(Cc2ccc(F)cc2)C(=O)O)n1. The molecule has 0 saturated carbocycles. The van der Waals surface area contributed by atoms with E-state index < -0.39 is 11.9 Å². The largest absolute Gasteiger partial charge is 0.481 e. The topological polar surface area (TPSA) is 59.4 Å². The van der Waals surface area contributed by atoms with Crippen LogP contribution in [0.3, 0.4) is 0 Å². The Bertz CT molecular complexity index is 613. The predicted molar refractivity (Wildman–Crippen MR) is 75.7 cm³/mol. The first-order chi connectivity index (χ1) is 10.1. The van der Waals surface area contributed by atoms with Gasteiger partial charge in [-0.3, -0.25) is 4.79 Å². The van der Waals surface area contributed by atoms with Crippen LogP contribution in [0.4, 0.5) is 4.39 Å². The number of pyridine rings is 1. The summed E-state index contributed by atoms with van der Waals surface area (Å²) in [5.41, 5.74) is 1.44. The number of carboxylic acid groups (broad SMARTS) is 1. The highest BCUT2D eigenvalue weighted by atomic mass is 19.1. The number of methoxy groups -OCH3 is 1. The van der Waals surface area contributed by atoms with E-state index in [1.807, 2.05) is 0 Å². The summed E-state index contributed by atoms with van der Waals surface area (Å²) in [5, 5.41) is 9.34. The predicted octanol–water partition coefficient (Wildman–Crippen LogP) is 2.72. The molecule has 0 spiro atoms. The van der Waals surface area contributed by atoms with E-state index in [-0.39, 0.29) is 5.82 Å². The van der Waals surface area contributed by atoms with Crippen LogP contribution in [-0.2, 0) is 17.6 Å². The second-order valence-corrected chi connectivity index (χ2v) is 4.74. The van der Waals surface area contributed by atoms with Gasteiger partial charge in [0.15, 0.2) is 0 Å². The van der Waals surface area contributed by atoms with Crippen LogP contribution < -0.4 is 4.74 Å². The third-order valence-electron chi connectivity index (χ3n) is 3.19. The first-order valence-electron chi connectivity index (χ1n) is 6.55. The number of ether oxygens (including phenoxy) is 1. The summed E-state index contributed by atoms with van der Waals surface area (Å²) >= 11 is 0. The normalized spacial score (nSPS) is 11.9. The van der Waals surface area contributed by atoms with Crippen molar-refractivity contribution in [1.82, 2.24) is 4.98 Å². The molecule has 1 heterocycles. The maximum absolute atomic E-state index is 12.9. The Balaban J connectivity index is 2.11. The number of aromatic nitrogens is 1. The van der Waals surface area contributed by atoms with Crippen LogP contribution in [0.1, 0.15) is 11.3 Å². The molecular weight excluding hydrogens is 273 g/mol. The number of aliphatic carboxylic acids is 1. The van der Waals surface area contributed by atoms with Gasteiger partial charge in [-0.2, -0.15) is 0 Å². The van der Waals surface area contributed by atoms with Gasteiger partial charge in [-0.25, -0.2) is 9.37 Å². The maximum Gasteiger partial charge on any atom is 0.307 e. The highest BCUT2D eigenvalue weighted by Crippen LogP contribution is 2.16. The van der Waals surface area contributed by atoms with Crippen molar-refractivity contribution < 1.29 is 19.0 Å². The standard InChI is InChI=1S/C16H16FNO3/c1-21-15-4-2-3-14(18-15)10-12(16(19)20)9-11-5-7-13(17)8-6-11/h2-8,12H,9-10H2,1H3,(H,19,20). The number of nitrogens with zero attached hydrogens (tertiary/aromatic N) is 1. The van der Waals surface area contributed by atoms with Crippen LogP contribution >= 0.6 is 0 Å². The van der Waals surface area contributed by atoms with E-state index in [0.717, 1.165) is 5.56 Å². The van der Waals surface area contributed by atoms with E-state index >= 15 is 0 Å². The van der Waals surface area contributed by atoms with Gasteiger partial charge in [0.05, 0.1) is 13.0 Å². The minimum absolute atomic E-state index is 0.296. The zero-order chi connectivity index (χ0) is 15.2. The van der Waals surface area contributed by atoms with E-state index in [0.29, 0.717) is 24.4 Å². The molecule has 1 aromatic carbocycles. The van der Waals surface area contributed by atoms with Crippen LogP contribution in [0.25, 0.3) is 0 Å². The molecule has 0 radical (unpaired) electrons. The van der Waals surface area contributed by atoms with E-state index in [4.69, 9.17) is 4.74 Å². The summed E-state index contributed by atoms with van der Waals surface area (Å²) in [6.07, 6.45) is 0.623. The third kappa shape index (κ3) is 4.27. The lowest BCUT2D eigenvalue weighted by Gasteiger charge is -2.12. The molecule has 1 N–H and O–H groups in total. The number of hydrogen-bond acceptors (Lipinski definition) is 3. The molecule has 0 saturated heterocycles. The van der Waals surface area contributed by atoms with Gasteiger partial charge in [0, 0.05) is 18.2 Å². The van der Waals surface area contributed by atoms with Gasteiger partial charge >= 0.3 is 5.97 Å². The van der Waals surface area contributed by atoms with Crippen LogP contribution in [0.15, 0.2) is 42.5 Å². The number of carboxylic acids is 1. The minimum atomic E-state index is -0.899. The van der Waals surface area contributed by atoms with Gasteiger partial charge in [0.1, 0.15) is 5.82 Å². The van der Waals surface area contributed by atoms with E-state index in [2.05, 4.69) is 4.98 Å². The van der Waals surface area contributed by atoms with Gasteiger partial charge in [0.2, 0.25) is 5.88 Å². The van der Waals surface area contributed by atoms with E-state index in [1.54, 1.807) is 30.3 Å². The summed E-state index contributed by atoms with van der Waals surface area (Å²) in [4.78, 5) is 15.6. The average molecular weight is 289 g/mol. The Hall–Kier alpha value is -2.43. The zero-order valence-electron chi connectivity index (χ0n) is 11.6. The molecule has 0 aliphatic heterocycles. The van der Waals surface area contributed by atoms with Crippen LogP contribution in [0, 0.1) is 11.7 Å². The fourth-order valence-electron chi connectivity index (χ4n) is 2.09. The first-order valence-corrected chi connectivity index (χ1v) is 6.55. The lowest BCUT2D eigenvalue weighted by atomic mass is 9.94. The average Bonchev–Trinajstić information content (AvgIpc) is 2.49. The van der Waals surface area contributed by atoms with Crippen molar-refractivity contribution in [3.05, 3.63) is 59.5 Å². The second kappa shape index (κ2) is 6.83. The molecule has 1 atom stereocenters. The van der Waals surface area contributed by atoms with Crippen molar-refractivity contribution in [2.45, 2.75) is 12.8 Å². The van der Waals surface area contributed by atoms with Crippen molar-refractivity contribution >= 4 is 5.97 Å². The molecule has 4 nitrogen and oxygen atoms in total. The van der Waals surface area contributed by atoms with Crippen molar-refractivity contribution in [3.63, 3.8) is 0 Å². The third-order valence-corrected chi connectivity index (χ3v) is 3.19. The van der Waals surface area contributed by atoms with Crippen molar-refractivity contribution in [2.24, 2.45) is 5.92 Å². The summed E-state index contributed by atoms with van der Waals surface area (Å²) in [6, 6.07) is 11.1. The highest BCUT2D eigenvalue weighted by Gasteiger charge is 2.19. The minimum Gasteiger partial charge on any atom is -0.481 e. The Morgan fingerprint density at radius 1 is 1.24 bits per heavy atom. The second-order valence-electron chi connectivity index (χ2n) is 4.74. The van der Waals surface area contributed by atoms with Crippen LogP contribution in [-0.4, -0.2) is 23.2 Å². The number of rotatable bonds is 6. The summed E-state index contributed by atoms with van der Waals surface area (Å²) in [6.45, 7) is 0. The number of benzene rings is 1. The molecular formula is C16H16FNO3. The Labute approximate surface area is 122 Å². The lowest BCUT2D eigenvalue weighted by Crippen LogP contribution is -2.19. The molecule has 5 heteroatoms. The first kappa shape index (κ1) is 15.0. The molecule has 2 rings (SSSR count).